The molecule has 0 spiro atoms. The van der Waals surface area contributed by atoms with Gasteiger partial charge in [0.15, 0.2) is 0 Å². The topological polar surface area (TPSA) is 84.9 Å². The molecule has 8 nitrogen and oxygen atoms in total. The Balaban J connectivity index is 1.51. The predicted octanol–water partition coefficient (Wildman–Crippen LogP) is 2.65. The van der Waals surface area contributed by atoms with Crippen LogP contribution in [0.4, 0.5) is 0 Å². The zero-order valence-electron chi connectivity index (χ0n) is 15.9. The molecule has 4 aromatic rings. The Kier molecular flexibility index (Phi) is 5.89. The Hall–Kier alpha value is -2.84. The molecular weight excluding hydrogens is 354 g/mol. The summed E-state index contributed by atoms with van der Waals surface area (Å²) in [5.74, 6) is 0. The Morgan fingerprint density at radius 3 is 1.82 bits per heavy atom. The average molecular weight is 379 g/mol. The van der Waals surface area contributed by atoms with Crippen LogP contribution >= 0.6 is 0 Å². The summed E-state index contributed by atoms with van der Waals surface area (Å²) in [7, 11) is 0. The lowest BCUT2D eigenvalue weighted by Gasteiger charge is -2.22. The van der Waals surface area contributed by atoms with Gasteiger partial charge in [0.1, 0.15) is 11.0 Å². The van der Waals surface area contributed by atoms with Gasteiger partial charge in [-0.2, -0.15) is 0 Å². The lowest BCUT2D eigenvalue weighted by molar-refractivity contribution is 0.152. The number of benzene rings is 2. The van der Waals surface area contributed by atoms with Crippen molar-refractivity contribution in [3.8, 4) is 0 Å². The minimum atomic E-state index is 0.263. The molecule has 8 heteroatoms. The zero-order valence-corrected chi connectivity index (χ0v) is 15.9. The van der Waals surface area contributed by atoms with Gasteiger partial charge in [-0.25, -0.2) is 9.36 Å². The van der Waals surface area contributed by atoms with E-state index >= 15 is 0 Å². The van der Waals surface area contributed by atoms with E-state index < -0.39 is 0 Å². The number of para-hydroxylation sites is 2. The summed E-state index contributed by atoms with van der Waals surface area (Å²) in [6.07, 6.45) is 4.05. The van der Waals surface area contributed by atoms with Crippen LogP contribution in [0.3, 0.4) is 0 Å². The number of aromatic nitrogens is 6. The third-order valence-corrected chi connectivity index (χ3v) is 4.89. The van der Waals surface area contributed by atoms with E-state index in [4.69, 9.17) is 5.11 Å². The molecule has 0 amide bonds. The van der Waals surface area contributed by atoms with Crippen molar-refractivity contribution < 1.29 is 5.11 Å². The van der Waals surface area contributed by atoms with Crippen LogP contribution in [-0.4, -0.2) is 53.1 Å². The first-order valence-electron chi connectivity index (χ1n) is 9.75. The molecule has 0 aliphatic rings. The molecular formula is C20H25N7O. The molecule has 0 fully saturated rings. The number of rotatable bonds is 10. The lowest BCUT2D eigenvalue weighted by atomic mass is 10.2. The van der Waals surface area contributed by atoms with Gasteiger partial charge in [-0.1, -0.05) is 47.5 Å². The lowest BCUT2D eigenvalue weighted by Crippen LogP contribution is -2.31. The fourth-order valence-corrected chi connectivity index (χ4v) is 3.41. The molecule has 2 heterocycles. The molecule has 0 radical (unpaired) electrons. The van der Waals surface area contributed by atoms with E-state index in [-0.39, 0.29) is 6.61 Å². The highest BCUT2D eigenvalue weighted by atomic mass is 16.2. The zero-order chi connectivity index (χ0) is 19.2. The molecule has 0 aliphatic heterocycles. The van der Waals surface area contributed by atoms with E-state index in [0.717, 1.165) is 54.3 Å². The van der Waals surface area contributed by atoms with Crippen LogP contribution in [0, 0.1) is 0 Å². The summed E-state index contributed by atoms with van der Waals surface area (Å²) in [6.45, 7) is 2.44. The minimum absolute atomic E-state index is 0.263. The number of nitrogens with zero attached hydrogens (tertiary/aromatic N) is 7. The van der Waals surface area contributed by atoms with E-state index in [0.29, 0.717) is 13.3 Å². The highest BCUT2D eigenvalue weighted by molar-refractivity contribution is 5.74. The summed E-state index contributed by atoms with van der Waals surface area (Å²) in [5.41, 5.74) is 3.85. The Labute approximate surface area is 163 Å². The van der Waals surface area contributed by atoms with Gasteiger partial charge >= 0.3 is 0 Å². The second-order valence-corrected chi connectivity index (χ2v) is 6.97. The highest BCUT2D eigenvalue weighted by Crippen LogP contribution is 2.14. The molecule has 2 aromatic carbocycles. The van der Waals surface area contributed by atoms with Crippen molar-refractivity contribution >= 4 is 22.1 Å². The number of aliphatic hydroxyl groups is 1. The van der Waals surface area contributed by atoms with Crippen LogP contribution in [0.15, 0.2) is 48.5 Å². The fraction of sp³-hybridized carbons (Fsp3) is 0.400. The maximum Gasteiger partial charge on any atom is 0.113 e. The Morgan fingerprint density at radius 2 is 1.25 bits per heavy atom. The summed E-state index contributed by atoms with van der Waals surface area (Å²) < 4.78 is 3.87. The maximum absolute atomic E-state index is 8.97. The van der Waals surface area contributed by atoms with Gasteiger partial charge in [-0.15, -0.1) is 10.2 Å². The molecule has 0 atom stereocenters. The van der Waals surface area contributed by atoms with Gasteiger partial charge in [0.25, 0.3) is 0 Å². The molecule has 0 unspecified atom stereocenters. The normalized spacial score (nSPS) is 11.8. The molecule has 28 heavy (non-hydrogen) atoms. The SMILES string of the molecule is OCCCCCCN(Cn1nnc2ccccc21)Cn1nnc2ccccc21. The van der Waals surface area contributed by atoms with Crippen LogP contribution in [-0.2, 0) is 13.3 Å². The summed E-state index contributed by atoms with van der Waals surface area (Å²) in [5, 5.41) is 26.2. The fourth-order valence-electron chi connectivity index (χ4n) is 3.41. The summed E-state index contributed by atoms with van der Waals surface area (Å²) in [6, 6.07) is 16.0. The largest absolute Gasteiger partial charge is 0.396 e. The van der Waals surface area contributed by atoms with Gasteiger partial charge in [0.05, 0.1) is 24.4 Å². The second-order valence-electron chi connectivity index (χ2n) is 6.97. The molecule has 2 aromatic heterocycles. The monoisotopic (exact) mass is 379 g/mol. The van der Waals surface area contributed by atoms with Gasteiger partial charge < -0.3 is 5.11 Å². The van der Waals surface area contributed by atoms with Crippen molar-refractivity contribution in [2.24, 2.45) is 0 Å². The van der Waals surface area contributed by atoms with Crippen LogP contribution in [0.5, 0.6) is 0 Å². The average Bonchev–Trinajstić information content (AvgIpc) is 3.32. The van der Waals surface area contributed by atoms with E-state index in [1.807, 2.05) is 57.9 Å². The predicted molar refractivity (Wildman–Crippen MR) is 107 cm³/mol. The number of fused-ring (bicyclic) bond motifs is 2. The maximum atomic E-state index is 8.97. The number of unbranched alkanes of at least 4 members (excludes halogenated alkanes) is 3. The smallest absolute Gasteiger partial charge is 0.113 e. The van der Waals surface area contributed by atoms with Crippen molar-refractivity contribution in [1.29, 1.82) is 0 Å². The molecule has 1 N–H and O–H groups in total. The highest BCUT2D eigenvalue weighted by Gasteiger charge is 2.13. The van der Waals surface area contributed by atoms with Gasteiger partial charge in [0.2, 0.25) is 0 Å². The molecule has 146 valence electrons. The van der Waals surface area contributed by atoms with E-state index in [9.17, 15) is 0 Å². The van der Waals surface area contributed by atoms with E-state index in [1.54, 1.807) is 0 Å². The third-order valence-electron chi connectivity index (χ3n) is 4.89. The molecule has 4 rings (SSSR count). The van der Waals surface area contributed by atoms with Crippen molar-refractivity contribution in [1.82, 2.24) is 34.9 Å². The van der Waals surface area contributed by atoms with E-state index in [2.05, 4.69) is 25.5 Å². The van der Waals surface area contributed by atoms with Gasteiger partial charge in [0, 0.05) is 13.2 Å². The molecule has 0 aliphatic carbocycles. The molecule has 0 bridgehead atoms. The number of aliphatic hydroxyl groups excluding tert-OH is 1. The first kappa shape index (κ1) is 18.5. The molecule has 0 saturated heterocycles. The van der Waals surface area contributed by atoms with Crippen molar-refractivity contribution in [2.45, 2.75) is 39.0 Å². The van der Waals surface area contributed by atoms with Gasteiger partial charge in [-0.3, -0.25) is 4.90 Å². The van der Waals surface area contributed by atoms with Crippen LogP contribution in [0.2, 0.25) is 0 Å². The van der Waals surface area contributed by atoms with Crippen LogP contribution < -0.4 is 0 Å². The number of hydrogen-bond acceptors (Lipinski definition) is 6. The van der Waals surface area contributed by atoms with Crippen molar-refractivity contribution in [3.63, 3.8) is 0 Å². The molecule has 0 saturated carbocycles. The Morgan fingerprint density at radius 1 is 0.714 bits per heavy atom. The Bertz CT molecular complexity index is 949. The summed E-state index contributed by atoms with van der Waals surface area (Å²) in [4.78, 5) is 2.31. The third kappa shape index (κ3) is 4.18. The summed E-state index contributed by atoms with van der Waals surface area (Å²) >= 11 is 0. The standard InChI is InChI=1S/C20H25N7O/c28-14-8-2-1-7-13-25(15-26-19-11-5-3-9-17(19)21-23-26)16-27-20-12-6-4-10-18(20)22-24-27/h3-6,9-12,28H,1-2,7-8,13-16H2. The quantitative estimate of drug-likeness (QED) is 0.427. The van der Waals surface area contributed by atoms with Crippen LogP contribution in [0.25, 0.3) is 22.1 Å². The first-order chi connectivity index (χ1) is 13.8. The van der Waals surface area contributed by atoms with E-state index in [1.165, 1.54) is 0 Å². The number of hydrogen-bond donors (Lipinski definition) is 1. The second kappa shape index (κ2) is 8.90. The minimum Gasteiger partial charge on any atom is -0.396 e. The van der Waals surface area contributed by atoms with Crippen molar-refractivity contribution in [3.05, 3.63) is 48.5 Å². The first-order valence-corrected chi connectivity index (χ1v) is 9.75. The van der Waals surface area contributed by atoms with Crippen molar-refractivity contribution in [2.75, 3.05) is 13.2 Å². The van der Waals surface area contributed by atoms with Crippen LogP contribution in [0.1, 0.15) is 25.7 Å². The van der Waals surface area contributed by atoms with Gasteiger partial charge in [-0.05, 0) is 37.1 Å².